The van der Waals surface area contributed by atoms with Crippen LogP contribution in [0.3, 0.4) is 0 Å². The highest BCUT2D eigenvalue weighted by Gasteiger charge is 2.35. The van der Waals surface area contributed by atoms with Crippen LogP contribution >= 0.6 is 11.6 Å². The average Bonchev–Trinajstić information content (AvgIpc) is 2.82. The number of piperazine rings is 1. The second kappa shape index (κ2) is 9.97. The Bertz CT molecular complexity index is 1150. The molecule has 1 aliphatic heterocycles. The number of hydrogen-bond acceptors (Lipinski definition) is 4. The van der Waals surface area contributed by atoms with Gasteiger partial charge in [-0.2, -0.15) is 0 Å². The molecule has 2 N–H and O–H groups in total. The number of carbonyl (C=O) groups is 1. The summed E-state index contributed by atoms with van der Waals surface area (Å²) in [5, 5.41) is 14.0. The third-order valence-corrected chi connectivity index (χ3v) is 6.13. The summed E-state index contributed by atoms with van der Waals surface area (Å²) in [5.41, 5.74) is 1.44. The number of nitro groups is 1. The molecule has 1 fully saturated rings. The standard InChI is InChI=1S/C24H22ClFN4O3/c25-19-11-10-18(16-22(19)30(32)33)27-24(31)23(17-6-2-1-3-7-17)29-14-12-28(13-15-29)21-9-5-4-8-20(21)26/h1-11,16,23H,12-15H2,(H,27,31)/p+1/t23-/m0/s1. The number of amides is 1. The molecule has 3 aromatic carbocycles. The van der Waals surface area contributed by atoms with E-state index in [1.165, 1.54) is 18.2 Å². The number of nitrogens with zero attached hydrogens (tertiary/aromatic N) is 2. The fourth-order valence-corrected chi connectivity index (χ4v) is 4.38. The largest absolute Gasteiger partial charge is 0.358 e. The summed E-state index contributed by atoms with van der Waals surface area (Å²) in [6.07, 6.45) is 0. The van der Waals surface area contributed by atoms with Crippen LogP contribution in [0.5, 0.6) is 0 Å². The molecule has 1 amide bonds. The second-order valence-corrected chi connectivity index (χ2v) is 8.26. The van der Waals surface area contributed by atoms with E-state index >= 15 is 0 Å². The maximum Gasteiger partial charge on any atom is 0.289 e. The van der Waals surface area contributed by atoms with Gasteiger partial charge in [-0.3, -0.25) is 14.9 Å². The summed E-state index contributed by atoms with van der Waals surface area (Å²) in [7, 11) is 0. The summed E-state index contributed by atoms with van der Waals surface area (Å²) in [6.45, 7) is 2.45. The van der Waals surface area contributed by atoms with Gasteiger partial charge >= 0.3 is 0 Å². The third-order valence-electron chi connectivity index (χ3n) is 5.81. The molecular formula is C24H23ClFN4O3+. The van der Waals surface area contributed by atoms with Crippen LogP contribution < -0.4 is 15.1 Å². The Labute approximate surface area is 195 Å². The number of para-hydroxylation sites is 1. The number of hydrogen-bond donors (Lipinski definition) is 2. The molecule has 0 aliphatic carbocycles. The first-order valence-corrected chi connectivity index (χ1v) is 11.0. The molecule has 4 rings (SSSR count). The second-order valence-electron chi connectivity index (χ2n) is 7.85. The Hall–Kier alpha value is -3.49. The van der Waals surface area contributed by atoms with E-state index in [9.17, 15) is 19.3 Å². The van der Waals surface area contributed by atoms with E-state index in [0.29, 0.717) is 37.6 Å². The molecule has 3 aromatic rings. The topological polar surface area (TPSA) is 79.9 Å². The van der Waals surface area contributed by atoms with Gasteiger partial charge in [0.1, 0.15) is 10.8 Å². The Kier molecular flexibility index (Phi) is 6.86. The van der Waals surface area contributed by atoms with Gasteiger partial charge in [0.25, 0.3) is 11.6 Å². The van der Waals surface area contributed by atoms with Crippen molar-refractivity contribution in [1.82, 2.24) is 0 Å². The fourth-order valence-electron chi connectivity index (χ4n) is 4.19. The van der Waals surface area contributed by atoms with Crippen molar-refractivity contribution < 1.29 is 19.0 Å². The Morgan fingerprint density at radius 2 is 1.73 bits per heavy atom. The van der Waals surface area contributed by atoms with Crippen LogP contribution in [-0.4, -0.2) is 37.0 Å². The predicted octanol–water partition coefficient (Wildman–Crippen LogP) is 3.47. The van der Waals surface area contributed by atoms with Gasteiger partial charge in [-0.1, -0.05) is 54.1 Å². The molecule has 0 saturated carbocycles. The minimum atomic E-state index is -0.583. The van der Waals surface area contributed by atoms with Crippen LogP contribution in [0, 0.1) is 15.9 Å². The lowest BCUT2D eigenvalue weighted by molar-refractivity contribution is -0.922. The fraction of sp³-hybridized carbons (Fsp3) is 0.208. The molecule has 0 spiro atoms. The lowest BCUT2D eigenvalue weighted by Gasteiger charge is -2.37. The van der Waals surface area contributed by atoms with Crippen LogP contribution in [0.4, 0.5) is 21.5 Å². The molecule has 1 heterocycles. The highest BCUT2D eigenvalue weighted by Crippen LogP contribution is 2.28. The summed E-state index contributed by atoms with van der Waals surface area (Å²) in [5.74, 6) is -0.533. The van der Waals surface area contributed by atoms with E-state index in [1.807, 2.05) is 41.3 Å². The van der Waals surface area contributed by atoms with Crippen molar-refractivity contribution in [3.8, 4) is 0 Å². The van der Waals surface area contributed by atoms with E-state index in [0.717, 1.165) is 10.5 Å². The smallest absolute Gasteiger partial charge is 0.289 e. The Morgan fingerprint density at radius 3 is 2.39 bits per heavy atom. The Balaban J connectivity index is 1.54. The zero-order valence-corrected chi connectivity index (χ0v) is 18.5. The first kappa shape index (κ1) is 22.7. The van der Waals surface area contributed by atoms with Gasteiger partial charge in [0.2, 0.25) is 0 Å². The zero-order chi connectivity index (χ0) is 23.4. The van der Waals surface area contributed by atoms with Crippen LogP contribution in [0.25, 0.3) is 0 Å². The molecule has 0 radical (unpaired) electrons. The van der Waals surface area contributed by atoms with E-state index in [4.69, 9.17) is 11.6 Å². The molecule has 170 valence electrons. The summed E-state index contributed by atoms with van der Waals surface area (Å²) in [6, 6.07) is 19.8. The van der Waals surface area contributed by atoms with Crippen molar-refractivity contribution in [2.24, 2.45) is 0 Å². The Morgan fingerprint density at radius 1 is 1.06 bits per heavy atom. The molecule has 1 atom stereocenters. The first-order chi connectivity index (χ1) is 15.9. The number of nitro benzene ring substituents is 1. The molecule has 0 aromatic heterocycles. The van der Waals surface area contributed by atoms with Gasteiger partial charge in [0.05, 0.1) is 36.8 Å². The van der Waals surface area contributed by atoms with Crippen LogP contribution in [0.1, 0.15) is 11.6 Å². The van der Waals surface area contributed by atoms with E-state index in [2.05, 4.69) is 5.32 Å². The van der Waals surface area contributed by atoms with Crippen molar-refractivity contribution >= 4 is 34.6 Å². The van der Waals surface area contributed by atoms with Gasteiger partial charge in [0.15, 0.2) is 6.04 Å². The zero-order valence-electron chi connectivity index (χ0n) is 17.7. The lowest BCUT2D eigenvalue weighted by Crippen LogP contribution is -3.16. The number of benzene rings is 3. The lowest BCUT2D eigenvalue weighted by atomic mass is 10.0. The van der Waals surface area contributed by atoms with Crippen LogP contribution in [-0.2, 0) is 4.79 Å². The maximum atomic E-state index is 14.2. The SMILES string of the molecule is O=C(Nc1ccc(Cl)c([N+](=O)[O-])c1)[C@H](c1ccccc1)[NH+]1CCN(c2ccccc2F)CC1. The van der Waals surface area contributed by atoms with Crippen molar-refractivity contribution in [2.45, 2.75) is 6.04 Å². The van der Waals surface area contributed by atoms with Gasteiger partial charge < -0.3 is 15.1 Å². The van der Waals surface area contributed by atoms with Gasteiger partial charge in [-0.05, 0) is 24.3 Å². The molecule has 1 saturated heterocycles. The van der Waals surface area contributed by atoms with Crippen LogP contribution in [0.2, 0.25) is 5.02 Å². The van der Waals surface area contributed by atoms with Crippen molar-refractivity contribution in [1.29, 1.82) is 0 Å². The third kappa shape index (κ3) is 5.13. The molecule has 7 nitrogen and oxygen atoms in total. The van der Waals surface area contributed by atoms with Gasteiger partial charge in [-0.15, -0.1) is 0 Å². The molecule has 0 unspecified atom stereocenters. The van der Waals surface area contributed by atoms with E-state index in [-0.39, 0.29) is 22.4 Å². The molecular weight excluding hydrogens is 447 g/mol. The monoisotopic (exact) mass is 469 g/mol. The maximum absolute atomic E-state index is 14.2. The minimum absolute atomic E-state index is 0.00694. The molecule has 33 heavy (non-hydrogen) atoms. The summed E-state index contributed by atoms with van der Waals surface area (Å²) in [4.78, 5) is 27.0. The number of rotatable bonds is 6. The highest BCUT2D eigenvalue weighted by atomic mass is 35.5. The molecule has 1 aliphatic rings. The number of quaternary nitrogens is 1. The highest BCUT2D eigenvalue weighted by molar-refractivity contribution is 6.32. The van der Waals surface area contributed by atoms with Crippen molar-refractivity contribution in [3.63, 3.8) is 0 Å². The number of anilines is 2. The molecule has 0 bridgehead atoms. The number of halogens is 2. The van der Waals surface area contributed by atoms with Crippen molar-refractivity contribution in [3.05, 3.63) is 99.3 Å². The van der Waals surface area contributed by atoms with E-state index < -0.39 is 11.0 Å². The quantitative estimate of drug-likeness (QED) is 0.428. The summed E-state index contributed by atoms with van der Waals surface area (Å²) >= 11 is 5.89. The van der Waals surface area contributed by atoms with Crippen LogP contribution in [0.15, 0.2) is 72.8 Å². The predicted molar refractivity (Wildman–Crippen MR) is 125 cm³/mol. The minimum Gasteiger partial charge on any atom is -0.358 e. The average molecular weight is 470 g/mol. The normalized spacial score (nSPS) is 15.2. The number of nitrogens with one attached hydrogen (secondary N) is 2. The van der Waals surface area contributed by atoms with Crippen molar-refractivity contribution in [2.75, 3.05) is 36.4 Å². The number of carbonyl (C=O) groups excluding carboxylic acids is 1. The van der Waals surface area contributed by atoms with Gasteiger partial charge in [-0.25, -0.2) is 4.39 Å². The summed E-state index contributed by atoms with van der Waals surface area (Å²) < 4.78 is 14.2. The molecule has 9 heteroatoms. The van der Waals surface area contributed by atoms with Gasteiger partial charge in [0, 0.05) is 17.3 Å². The van der Waals surface area contributed by atoms with E-state index in [1.54, 1.807) is 18.2 Å². The first-order valence-electron chi connectivity index (χ1n) is 10.6.